The van der Waals surface area contributed by atoms with Gasteiger partial charge < -0.3 is 10.2 Å². The van der Waals surface area contributed by atoms with Crippen LogP contribution >= 0.6 is 0 Å². The Kier molecular flexibility index (Phi) is 5.93. The van der Waals surface area contributed by atoms with E-state index in [0.717, 1.165) is 6.26 Å². The Morgan fingerprint density at radius 1 is 1.17 bits per heavy atom. The molecule has 0 aliphatic carbocycles. The fraction of sp³-hybridized carbons (Fsp3) is 0.500. The SMILES string of the molecule is CCN(CC(=O)NC(C)(C)C)C(=O)c1ccccc1S(C)(=O)=O. The van der Waals surface area contributed by atoms with Gasteiger partial charge in [-0.1, -0.05) is 12.1 Å². The molecule has 0 spiro atoms. The van der Waals surface area contributed by atoms with Crippen LogP contribution in [0.1, 0.15) is 38.1 Å². The highest BCUT2D eigenvalue weighted by Gasteiger charge is 2.24. The van der Waals surface area contributed by atoms with Crippen molar-refractivity contribution in [1.29, 1.82) is 0 Å². The van der Waals surface area contributed by atoms with E-state index in [2.05, 4.69) is 5.32 Å². The molecule has 2 amide bonds. The summed E-state index contributed by atoms with van der Waals surface area (Å²) in [5.41, 5.74) is -0.315. The highest BCUT2D eigenvalue weighted by Crippen LogP contribution is 2.17. The first-order valence-corrected chi connectivity index (χ1v) is 9.24. The van der Waals surface area contributed by atoms with E-state index in [-0.39, 0.29) is 22.9 Å². The quantitative estimate of drug-likeness (QED) is 0.880. The maximum atomic E-state index is 12.6. The van der Waals surface area contributed by atoms with Gasteiger partial charge in [-0.25, -0.2) is 8.42 Å². The number of amides is 2. The van der Waals surface area contributed by atoms with Gasteiger partial charge in [-0.15, -0.1) is 0 Å². The molecule has 1 aromatic carbocycles. The van der Waals surface area contributed by atoms with Crippen LogP contribution in [0, 0.1) is 0 Å². The number of rotatable bonds is 5. The fourth-order valence-corrected chi connectivity index (χ4v) is 2.98. The number of nitrogens with one attached hydrogen (secondary N) is 1. The van der Waals surface area contributed by atoms with E-state index in [1.54, 1.807) is 19.1 Å². The highest BCUT2D eigenvalue weighted by atomic mass is 32.2. The van der Waals surface area contributed by atoms with Gasteiger partial charge in [0.2, 0.25) is 5.91 Å². The average Bonchev–Trinajstić information content (AvgIpc) is 2.41. The first-order chi connectivity index (χ1) is 10.5. The Morgan fingerprint density at radius 3 is 2.22 bits per heavy atom. The van der Waals surface area contributed by atoms with Crippen molar-refractivity contribution in [2.45, 2.75) is 38.1 Å². The molecule has 0 saturated carbocycles. The number of nitrogens with zero attached hydrogens (tertiary/aromatic N) is 1. The van der Waals surface area contributed by atoms with Gasteiger partial charge in [-0.2, -0.15) is 0 Å². The van der Waals surface area contributed by atoms with Gasteiger partial charge in [0, 0.05) is 18.3 Å². The summed E-state index contributed by atoms with van der Waals surface area (Å²) < 4.78 is 23.7. The van der Waals surface area contributed by atoms with Gasteiger partial charge in [-0.3, -0.25) is 9.59 Å². The van der Waals surface area contributed by atoms with E-state index in [9.17, 15) is 18.0 Å². The molecule has 0 aliphatic heterocycles. The van der Waals surface area contributed by atoms with E-state index >= 15 is 0 Å². The van der Waals surface area contributed by atoms with Crippen molar-refractivity contribution in [2.24, 2.45) is 0 Å². The number of sulfone groups is 1. The second-order valence-electron chi connectivity index (χ2n) is 6.39. The second kappa shape index (κ2) is 7.12. The van der Waals surface area contributed by atoms with Crippen molar-refractivity contribution in [3.05, 3.63) is 29.8 Å². The number of hydrogen-bond acceptors (Lipinski definition) is 4. The van der Waals surface area contributed by atoms with Crippen molar-refractivity contribution in [3.8, 4) is 0 Å². The molecular formula is C16H24N2O4S. The summed E-state index contributed by atoms with van der Waals surface area (Å²) in [4.78, 5) is 25.9. The standard InChI is InChI=1S/C16H24N2O4S/c1-6-18(11-14(19)17-16(2,3)4)15(20)12-9-7-8-10-13(12)23(5,21)22/h7-10H,6,11H2,1-5H3,(H,17,19). The van der Waals surface area contributed by atoms with Gasteiger partial charge in [-0.05, 0) is 39.8 Å². The Labute approximate surface area is 137 Å². The zero-order valence-corrected chi connectivity index (χ0v) is 15.0. The third kappa shape index (κ3) is 5.67. The number of carbonyl (C=O) groups is 2. The highest BCUT2D eigenvalue weighted by molar-refractivity contribution is 7.90. The molecule has 0 heterocycles. The van der Waals surface area contributed by atoms with Crippen LogP contribution in [-0.2, 0) is 14.6 Å². The van der Waals surface area contributed by atoms with Crippen molar-refractivity contribution in [1.82, 2.24) is 10.2 Å². The van der Waals surface area contributed by atoms with Crippen molar-refractivity contribution in [2.75, 3.05) is 19.3 Å². The van der Waals surface area contributed by atoms with E-state index in [4.69, 9.17) is 0 Å². The lowest BCUT2D eigenvalue weighted by Crippen LogP contribution is -2.47. The Morgan fingerprint density at radius 2 is 1.74 bits per heavy atom. The van der Waals surface area contributed by atoms with Crippen molar-refractivity contribution < 1.29 is 18.0 Å². The van der Waals surface area contributed by atoms with Crippen molar-refractivity contribution >= 4 is 21.7 Å². The van der Waals surface area contributed by atoms with Gasteiger partial charge in [0.15, 0.2) is 9.84 Å². The van der Waals surface area contributed by atoms with Gasteiger partial charge >= 0.3 is 0 Å². The lowest BCUT2D eigenvalue weighted by Gasteiger charge is -2.25. The van der Waals surface area contributed by atoms with Crippen LogP contribution in [0.15, 0.2) is 29.2 Å². The molecule has 23 heavy (non-hydrogen) atoms. The van der Waals surface area contributed by atoms with Gasteiger partial charge in [0.1, 0.15) is 0 Å². The molecule has 0 unspecified atom stereocenters. The number of benzene rings is 1. The van der Waals surface area contributed by atoms with Crippen LogP contribution < -0.4 is 5.32 Å². The van der Waals surface area contributed by atoms with Crippen LogP contribution in [0.3, 0.4) is 0 Å². The van der Waals surface area contributed by atoms with Crippen LogP contribution in [0.5, 0.6) is 0 Å². The molecule has 0 radical (unpaired) electrons. The number of hydrogen-bond donors (Lipinski definition) is 1. The lowest BCUT2D eigenvalue weighted by atomic mass is 10.1. The zero-order chi connectivity index (χ0) is 17.8. The van der Waals surface area contributed by atoms with Crippen LogP contribution in [-0.4, -0.2) is 50.0 Å². The van der Waals surface area contributed by atoms with Crippen LogP contribution in [0.25, 0.3) is 0 Å². The summed E-state index contributed by atoms with van der Waals surface area (Å²) in [6.45, 7) is 7.47. The molecule has 0 bridgehead atoms. The first-order valence-electron chi connectivity index (χ1n) is 7.35. The Hall–Kier alpha value is -1.89. The third-order valence-electron chi connectivity index (χ3n) is 3.03. The fourth-order valence-electron chi connectivity index (χ4n) is 2.10. The molecule has 0 aliphatic rings. The molecular weight excluding hydrogens is 316 g/mol. The second-order valence-corrected chi connectivity index (χ2v) is 8.37. The largest absolute Gasteiger partial charge is 0.350 e. The predicted octanol–water partition coefficient (Wildman–Crippen LogP) is 1.47. The van der Waals surface area contributed by atoms with E-state index in [0.29, 0.717) is 6.54 Å². The lowest BCUT2D eigenvalue weighted by molar-refractivity contribution is -0.123. The summed E-state index contributed by atoms with van der Waals surface area (Å²) in [7, 11) is -3.53. The summed E-state index contributed by atoms with van der Waals surface area (Å²) in [5, 5.41) is 2.78. The molecule has 1 rings (SSSR count). The molecule has 0 saturated heterocycles. The summed E-state index contributed by atoms with van der Waals surface area (Å²) in [6, 6.07) is 6.02. The minimum atomic E-state index is -3.53. The summed E-state index contributed by atoms with van der Waals surface area (Å²) >= 11 is 0. The van der Waals surface area contributed by atoms with Crippen molar-refractivity contribution in [3.63, 3.8) is 0 Å². The van der Waals surface area contributed by atoms with Gasteiger partial charge in [0.05, 0.1) is 17.0 Å². The van der Waals surface area contributed by atoms with E-state index < -0.39 is 21.3 Å². The zero-order valence-electron chi connectivity index (χ0n) is 14.2. The smallest absolute Gasteiger partial charge is 0.255 e. The molecule has 6 nitrogen and oxygen atoms in total. The molecule has 7 heteroatoms. The summed E-state index contributed by atoms with van der Waals surface area (Å²) in [6.07, 6.45) is 1.06. The molecule has 0 aromatic heterocycles. The maximum absolute atomic E-state index is 12.6. The van der Waals surface area contributed by atoms with Gasteiger partial charge in [0.25, 0.3) is 5.91 Å². The minimum absolute atomic E-state index is 0.0281. The normalized spacial score (nSPS) is 11.9. The summed E-state index contributed by atoms with van der Waals surface area (Å²) in [5.74, 6) is -0.762. The Balaban J connectivity index is 3.05. The monoisotopic (exact) mass is 340 g/mol. The van der Waals surface area contributed by atoms with Crippen LogP contribution in [0.4, 0.5) is 0 Å². The number of carbonyl (C=O) groups excluding carboxylic acids is 2. The van der Waals surface area contributed by atoms with Crippen LogP contribution in [0.2, 0.25) is 0 Å². The Bertz CT molecular complexity index is 690. The molecule has 1 N–H and O–H groups in total. The number of likely N-dealkylation sites (N-methyl/N-ethyl adjacent to an activating group) is 1. The molecule has 128 valence electrons. The predicted molar refractivity (Wildman–Crippen MR) is 89.0 cm³/mol. The first kappa shape index (κ1) is 19.2. The third-order valence-corrected chi connectivity index (χ3v) is 4.19. The minimum Gasteiger partial charge on any atom is -0.350 e. The molecule has 1 aromatic rings. The average molecular weight is 340 g/mol. The van der Waals surface area contributed by atoms with E-state index in [1.807, 2.05) is 20.8 Å². The molecule has 0 fully saturated rings. The van der Waals surface area contributed by atoms with E-state index in [1.165, 1.54) is 17.0 Å². The molecule has 0 atom stereocenters. The topological polar surface area (TPSA) is 83.6 Å². The maximum Gasteiger partial charge on any atom is 0.255 e.